The van der Waals surface area contributed by atoms with Crippen LogP contribution in [0.3, 0.4) is 0 Å². The molecule has 0 saturated heterocycles. The summed E-state index contributed by atoms with van der Waals surface area (Å²) in [5.41, 5.74) is 0.233. The maximum Gasteiger partial charge on any atom is 0.128 e. The first kappa shape index (κ1) is 9.08. The summed E-state index contributed by atoms with van der Waals surface area (Å²) < 4.78 is 24.7. The van der Waals surface area contributed by atoms with Gasteiger partial charge in [-0.05, 0) is 19.4 Å². The normalized spacial score (nSPS) is 13.6. The van der Waals surface area contributed by atoms with Crippen LogP contribution in [0.4, 0.5) is 8.78 Å². The van der Waals surface area contributed by atoms with Crippen molar-refractivity contribution in [3.8, 4) is 0 Å². The van der Waals surface area contributed by atoms with E-state index >= 15 is 0 Å². The number of rotatable bonds is 2. The molecule has 0 rings (SSSR count). The molecule has 0 aromatic heterocycles. The molecular weight excluding hydrogens is 134 g/mol. The molecule has 0 heterocycles. The van der Waals surface area contributed by atoms with Gasteiger partial charge in [0.15, 0.2) is 0 Å². The van der Waals surface area contributed by atoms with Crippen molar-refractivity contribution >= 4 is 0 Å². The molecule has 0 aromatic rings. The first-order valence-corrected chi connectivity index (χ1v) is 2.92. The Balaban J connectivity index is 4.31. The van der Waals surface area contributed by atoms with E-state index in [0.717, 1.165) is 6.08 Å². The standard InChI is InChI=1S/C8H10F2/c1-4-7(9)5-8(10)6(2)3/h4-5H,2H2,1,3H3/b7-4+,8-5+. The molecule has 0 aliphatic heterocycles. The van der Waals surface area contributed by atoms with Crippen LogP contribution in [0, 0.1) is 0 Å². The van der Waals surface area contributed by atoms with Crippen LogP contribution in [-0.4, -0.2) is 0 Å². The van der Waals surface area contributed by atoms with Gasteiger partial charge in [-0.1, -0.05) is 12.7 Å². The van der Waals surface area contributed by atoms with Crippen LogP contribution in [0.1, 0.15) is 13.8 Å². The van der Waals surface area contributed by atoms with Gasteiger partial charge in [-0.15, -0.1) is 0 Å². The molecule has 0 aliphatic carbocycles. The Hall–Kier alpha value is -0.920. The van der Waals surface area contributed by atoms with Crippen LogP contribution in [-0.2, 0) is 0 Å². The van der Waals surface area contributed by atoms with Crippen LogP contribution >= 0.6 is 0 Å². The molecule has 0 nitrogen and oxygen atoms in total. The van der Waals surface area contributed by atoms with E-state index in [2.05, 4.69) is 6.58 Å². The smallest absolute Gasteiger partial charge is 0.128 e. The van der Waals surface area contributed by atoms with Gasteiger partial charge in [0.25, 0.3) is 0 Å². The van der Waals surface area contributed by atoms with Crippen molar-refractivity contribution in [2.24, 2.45) is 0 Å². The zero-order valence-electron chi connectivity index (χ0n) is 6.12. The van der Waals surface area contributed by atoms with Gasteiger partial charge >= 0.3 is 0 Å². The predicted molar refractivity (Wildman–Crippen MR) is 38.9 cm³/mol. The average molecular weight is 144 g/mol. The fourth-order valence-corrected chi connectivity index (χ4v) is 0.328. The maximum atomic E-state index is 12.4. The summed E-state index contributed by atoms with van der Waals surface area (Å²) in [4.78, 5) is 0. The molecule has 0 aromatic carbocycles. The third-order valence-corrected chi connectivity index (χ3v) is 0.948. The summed E-state index contributed by atoms with van der Waals surface area (Å²) in [7, 11) is 0. The highest BCUT2D eigenvalue weighted by molar-refractivity contribution is 5.26. The molecule has 0 radical (unpaired) electrons. The Morgan fingerprint density at radius 2 is 1.90 bits per heavy atom. The molecule has 0 bridgehead atoms. The summed E-state index contributed by atoms with van der Waals surface area (Å²) in [6, 6.07) is 0. The van der Waals surface area contributed by atoms with Gasteiger partial charge in [0.1, 0.15) is 11.7 Å². The van der Waals surface area contributed by atoms with Gasteiger partial charge in [-0.3, -0.25) is 0 Å². The van der Waals surface area contributed by atoms with Crippen molar-refractivity contribution in [3.05, 3.63) is 36.0 Å². The summed E-state index contributed by atoms with van der Waals surface area (Å²) in [6.45, 7) is 6.28. The molecular formula is C8H10F2. The van der Waals surface area contributed by atoms with Crippen LogP contribution in [0.15, 0.2) is 36.0 Å². The van der Waals surface area contributed by atoms with Gasteiger partial charge in [-0.2, -0.15) is 0 Å². The van der Waals surface area contributed by atoms with E-state index < -0.39 is 11.7 Å². The van der Waals surface area contributed by atoms with Crippen LogP contribution in [0.5, 0.6) is 0 Å². The van der Waals surface area contributed by atoms with Crippen molar-refractivity contribution in [3.63, 3.8) is 0 Å². The summed E-state index contributed by atoms with van der Waals surface area (Å²) in [5.74, 6) is -1.20. The Morgan fingerprint density at radius 3 is 2.20 bits per heavy atom. The molecule has 0 amide bonds. The first-order valence-electron chi connectivity index (χ1n) is 2.92. The van der Waals surface area contributed by atoms with Gasteiger partial charge in [0.05, 0.1) is 0 Å². The SMILES string of the molecule is C=C(C)/C(F)=C\C(F)=C/C. The van der Waals surface area contributed by atoms with Gasteiger partial charge in [0.2, 0.25) is 0 Å². The Bertz CT molecular complexity index is 187. The minimum absolute atomic E-state index is 0.233. The fourth-order valence-electron chi connectivity index (χ4n) is 0.328. The van der Waals surface area contributed by atoms with E-state index in [-0.39, 0.29) is 5.57 Å². The first-order chi connectivity index (χ1) is 4.57. The van der Waals surface area contributed by atoms with Crippen molar-refractivity contribution in [1.82, 2.24) is 0 Å². The topological polar surface area (TPSA) is 0 Å². The van der Waals surface area contributed by atoms with E-state index in [1.807, 2.05) is 0 Å². The maximum absolute atomic E-state index is 12.4. The molecule has 0 aliphatic rings. The third-order valence-electron chi connectivity index (χ3n) is 0.948. The molecule has 2 heteroatoms. The number of hydrogen-bond donors (Lipinski definition) is 0. The van der Waals surface area contributed by atoms with E-state index in [1.54, 1.807) is 0 Å². The molecule has 0 fully saturated rings. The second kappa shape index (κ2) is 3.99. The lowest BCUT2D eigenvalue weighted by Gasteiger charge is -1.91. The van der Waals surface area contributed by atoms with Gasteiger partial charge < -0.3 is 0 Å². The molecule has 0 spiro atoms. The van der Waals surface area contributed by atoms with Crippen LogP contribution in [0.2, 0.25) is 0 Å². The third kappa shape index (κ3) is 3.17. The van der Waals surface area contributed by atoms with Gasteiger partial charge in [-0.25, -0.2) is 8.78 Å². The van der Waals surface area contributed by atoms with E-state index in [0.29, 0.717) is 0 Å². The molecule has 0 saturated carbocycles. The van der Waals surface area contributed by atoms with E-state index in [4.69, 9.17) is 0 Å². The molecule has 0 N–H and O–H groups in total. The monoisotopic (exact) mass is 144 g/mol. The van der Waals surface area contributed by atoms with Crippen molar-refractivity contribution < 1.29 is 8.78 Å². The van der Waals surface area contributed by atoms with Crippen molar-refractivity contribution in [2.75, 3.05) is 0 Å². The molecule has 0 atom stereocenters. The van der Waals surface area contributed by atoms with Crippen LogP contribution in [0.25, 0.3) is 0 Å². The minimum Gasteiger partial charge on any atom is -0.207 e. The number of hydrogen-bond acceptors (Lipinski definition) is 0. The molecule has 0 unspecified atom stereocenters. The Morgan fingerprint density at radius 1 is 1.40 bits per heavy atom. The minimum atomic E-state index is -0.615. The quantitative estimate of drug-likeness (QED) is 0.521. The zero-order chi connectivity index (χ0) is 8.15. The number of allylic oxidation sites excluding steroid dienone is 5. The zero-order valence-corrected chi connectivity index (χ0v) is 6.12. The molecule has 10 heavy (non-hydrogen) atoms. The Labute approximate surface area is 59.6 Å². The second-order valence-corrected chi connectivity index (χ2v) is 1.95. The molecule has 56 valence electrons. The van der Waals surface area contributed by atoms with Crippen LogP contribution < -0.4 is 0 Å². The highest BCUT2D eigenvalue weighted by Crippen LogP contribution is 2.11. The largest absolute Gasteiger partial charge is 0.207 e. The predicted octanol–water partition coefficient (Wildman–Crippen LogP) is 3.29. The lowest BCUT2D eigenvalue weighted by atomic mass is 10.3. The number of halogens is 2. The Kier molecular flexibility index (Phi) is 3.62. The fraction of sp³-hybridized carbons (Fsp3) is 0.250. The van der Waals surface area contributed by atoms with E-state index in [1.165, 1.54) is 19.9 Å². The average Bonchev–Trinajstić information content (AvgIpc) is 1.87. The van der Waals surface area contributed by atoms with Gasteiger partial charge in [0, 0.05) is 6.08 Å². The van der Waals surface area contributed by atoms with E-state index in [9.17, 15) is 8.78 Å². The highest BCUT2D eigenvalue weighted by Gasteiger charge is 1.95. The van der Waals surface area contributed by atoms with Crippen molar-refractivity contribution in [2.45, 2.75) is 13.8 Å². The summed E-state index contributed by atoms with van der Waals surface area (Å²) in [5, 5.41) is 0. The highest BCUT2D eigenvalue weighted by atomic mass is 19.1. The lowest BCUT2D eigenvalue weighted by Crippen LogP contribution is -1.74. The summed E-state index contributed by atoms with van der Waals surface area (Å²) >= 11 is 0. The second-order valence-electron chi connectivity index (χ2n) is 1.95. The van der Waals surface area contributed by atoms with Crippen molar-refractivity contribution in [1.29, 1.82) is 0 Å². The summed E-state index contributed by atoms with van der Waals surface area (Å²) in [6.07, 6.45) is 1.99. The lowest BCUT2D eigenvalue weighted by molar-refractivity contribution is 0.621.